The number of aromatic nitrogens is 1. The summed E-state index contributed by atoms with van der Waals surface area (Å²) in [6.07, 6.45) is 3.78. The zero-order valence-corrected chi connectivity index (χ0v) is 10.1. The van der Waals surface area contributed by atoms with E-state index in [1.165, 1.54) is 0 Å². The van der Waals surface area contributed by atoms with E-state index in [0.717, 1.165) is 5.56 Å². The first-order chi connectivity index (χ1) is 7.53. The average Bonchev–Trinajstić information content (AvgIpc) is 2.27. The largest absolute Gasteiger partial charge is 0.329 e. The molecule has 0 spiro atoms. The molecule has 0 bridgehead atoms. The number of nitrogens with two attached hydrogens (primary N) is 1. The number of hydrogen-bond acceptors (Lipinski definition) is 4. The fourth-order valence-electron chi connectivity index (χ4n) is 1.22. The summed E-state index contributed by atoms with van der Waals surface area (Å²) >= 11 is 0. The lowest BCUT2D eigenvalue weighted by Gasteiger charge is -2.11. The molecule has 90 valence electrons. The van der Waals surface area contributed by atoms with E-state index in [2.05, 4.69) is 9.71 Å². The van der Waals surface area contributed by atoms with Crippen LogP contribution in [0.2, 0.25) is 0 Å². The number of pyridine rings is 1. The fraction of sp³-hybridized carbons (Fsp3) is 0.500. The van der Waals surface area contributed by atoms with E-state index in [-0.39, 0.29) is 11.8 Å². The maximum absolute atomic E-state index is 11.6. The van der Waals surface area contributed by atoms with Crippen molar-refractivity contribution in [1.82, 2.24) is 9.71 Å². The molecule has 0 radical (unpaired) electrons. The van der Waals surface area contributed by atoms with Gasteiger partial charge in [0.05, 0.1) is 5.75 Å². The highest BCUT2D eigenvalue weighted by Crippen LogP contribution is 2.00. The molecule has 0 saturated carbocycles. The van der Waals surface area contributed by atoms with Gasteiger partial charge in [-0.3, -0.25) is 4.98 Å². The van der Waals surface area contributed by atoms with Crippen LogP contribution in [-0.4, -0.2) is 31.7 Å². The van der Waals surface area contributed by atoms with Crippen LogP contribution in [0.5, 0.6) is 0 Å². The molecule has 0 saturated heterocycles. The van der Waals surface area contributed by atoms with Crippen LogP contribution in [0.1, 0.15) is 12.5 Å². The molecule has 0 aliphatic carbocycles. The second kappa shape index (κ2) is 5.93. The van der Waals surface area contributed by atoms with Crippen molar-refractivity contribution in [3.05, 3.63) is 30.1 Å². The predicted octanol–water partition coefficient (Wildman–Crippen LogP) is -0.109. The number of sulfonamides is 1. The van der Waals surface area contributed by atoms with Crippen LogP contribution in [0.15, 0.2) is 24.5 Å². The molecule has 0 aromatic carbocycles. The van der Waals surface area contributed by atoms with Crippen molar-refractivity contribution in [3.8, 4) is 0 Å². The standard InChI is InChI=1S/C10H17N3O2S/c1-9(8-11)13-16(14,15)7-4-10-2-5-12-6-3-10/h2-3,5-6,9,13H,4,7-8,11H2,1H3/t9-/m1/s1. The van der Waals surface area contributed by atoms with Gasteiger partial charge < -0.3 is 5.73 Å². The van der Waals surface area contributed by atoms with Gasteiger partial charge in [0.2, 0.25) is 10.0 Å². The van der Waals surface area contributed by atoms with Crippen LogP contribution in [0.4, 0.5) is 0 Å². The van der Waals surface area contributed by atoms with Gasteiger partial charge in [0.1, 0.15) is 0 Å². The van der Waals surface area contributed by atoms with E-state index in [1.54, 1.807) is 19.3 Å². The molecular weight excluding hydrogens is 226 g/mol. The molecule has 0 unspecified atom stereocenters. The Morgan fingerprint density at radius 3 is 2.62 bits per heavy atom. The van der Waals surface area contributed by atoms with E-state index in [4.69, 9.17) is 5.73 Å². The number of nitrogens with zero attached hydrogens (tertiary/aromatic N) is 1. The van der Waals surface area contributed by atoms with Crippen molar-refractivity contribution in [1.29, 1.82) is 0 Å². The lowest BCUT2D eigenvalue weighted by molar-refractivity contribution is 0.562. The molecule has 5 nitrogen and oxygen atoms in total. The second-order valence-electron chi connectivity index (χ2n) is 3.68. The topological polar surface area (TPSA) is 85.1 Å². The monoisotopic (exact) mass is 243 g/mol. The first kappa shape index (κ1) is 13.1. The summed E-state index contributed by atoms with van der Waals surface area (Å²) in [7, 11) is -3.24. The Balaban J connectivity index is 2.49. The van der Waals surface area contributed by atoms with Crippen LogP contribution < -0.4 is 10.5 Å². The molecule has 16 heavy (non-hydrogen) atoms. The summed E-state index contributed by atoms with van der Waals surface area (Å²) in [6, 6.07) is 3.39. The zero-order valence-electron chi connectivity index (χ0n) is 9.26. The summed E-state index contributed by atoms with van der Waals surface area (Å²) in [6.45, 7) is 2.04. The summed E-state index contributed by atoms with van der Waals surface area (Å²) in [5.74, 6) is 0.0708. The van der Waals surface area contributed by atoms with Gasteiger partial charge in [0.15, 0.2) is 0 Å². The summed E-state index contributed by atoms with van der Waals surface area (Å²) in [4.78, 5) is 3.87. The lowest BCUT2D eigenvalue weighted by Crippen LogP contribution is -2.39. The first-order valence-corrected chi connectivity index (χ1v) is 6.77. The van der Waals surface area contributed by atoms with Gasteiger partial charge in [-0.2, -0.15) is 0 Å². The van der Waals surface area contributed by atoms with Gasteiger partial charge in [0.25, 0.3) is 0 Å². The van der Waals surface area contributed by atoms with Crippen LogP contribution in [0.3, 0.4) is 0 Å². The van der Waals surface area contributed by atoms with Crippen LogP contribution in [0, 0.1) is 0 Å². The van der Waals surface area contributed by atoms with Crippen molar-refractivity contribution in [2.45, 2.75) is 19.4 Å². The quantitative estimate of drug-likeness (QED) is 0.730. The lowest BCUT2D eigenvalue weighted by atomic mass is 10.2. The van der Waals surface area contributed by atoms with Gasteiger partial charge in [-0.25, -0.2) is 13.1 Å². The third-order valence-corrected chi connectivity index (χ3v) is 3.65. The molecule has 6 heteroatoms. The molecule has 0 aliphatic heterocycles. The Bertz CT molecular complexity index is 405. The predicted molar refractivity (Wildman–Crippen MR) is 63.4 cm³/mol. The van der Waals surface area contributed by atoms with Gasteiger partial charge in [0, 0.05) is 25.0 Å². The minimum absolute atomic E-state index is 0.0708. The minimum atomic E-state index is -3.24. The number of nitrogens with one attached hydrogen (secondary N) is 1. The normalized spacial score (nSPS) is 13.6. The Morgan fingerprint density at radius 2 is 2.06 bits per heavy atom. The number of rotatable bonds is 6. The molecular formula is C10H17N3O2S. The number of aryl methyl sites for hydroxylation is 1. The SMILES string of the molecule is C[C@H](CN)NS(=O)(=O)CCc1ccncc1. The first-order valence-electron chi connectivity index (χ1n) is 5.12. The van der Waals surface area contributed by atoms with Gasteiger partial charge >= 0.3 is 0 Å². The van der Waals surface area contributed by atoms with Gasteiger partial charge in [-0.05, 0) is 31.0 Å². The molecule has 0 fully saturated rings. The third-order valence-electron chi connectivity index (χ3n) is 2.14. The Labute approximate surface area is 96.1 Å². The molecule has 1 heterocycles. The molecule has 1 atom stereocenters. The van der Waals surface area contributed by atoms with E-state index in [0.29, 0.717) is 13.0 Å². The summed E-state index contributed by atoms with van der Waals surface area (Å²) in [5.41, 5.74) is 6.31. The van der Waals surface area contributed by atoms with Crippen molar-refractivity contribution in [2.75, 3.05) is 12.3 Å². The molecule has 0 amide bonds. The highest BCUT2D eigenvalue weighted by Gasteiger charge is 2.13. The van der Waals surface area contributed by atoms with Crippen molar-refractivity contribution in [3.63, 3.8) is 0 Å². The highest BCUT2D eigenvalue weighted by atomic mass is 32.2. The Hall–Kier alpha value is -0.980. The maximum atomic E-state index is 11.6. The fourth-order valence-corrected chi connectivity index (χ4v) is 2.55. The maximum Gasteiger partial charge on any atom is 0.212 e. The molecule has 1 aromatic rings. The van der Waals surface area contributed by atoms with Gasteiger partial charge in [-0.1, -0.05) is 0 Å². The van der Waals surface area contributed by atoms with E-state index in [9.17, 15) is 8.42 Å². The number of hydrogen-bond donors (Lipinski definition) is 2. The third kappa shape index (κ3) is 4.69. The Kier molecular flexibility index (Phi) is 4.85. The molecule has 1 rings (SSSR count). The summed E-state index contributed by atoms with van der Waals surface area (Å²) in [5, 5.41) is 0. The minimum Gasteiger partial charge on any atom is -0.329 e. The van der Waals surface area contributed by atoms with E-state index < -0.39 is 10.0 Å². The zero-order chi connectivity index (χ0) is 12.0. The molecule has 0 aliphatic rings. The molecule has 1 aromatic heterocycles. The van der Waals surface area contributed by atoms with Gasteiger partial charge in [-0.15, -0.1) is 0 Å². The molecule has 3 N–H and O–H groups in total. The Morgan fingerprint density at radius 1 is 1.44 bits per heavy atom. The van der Waals surface area contributed by atoms with Crippen molar-refractivity contribution in [2.24, 2.45) is 5.73 Å². The summed E-state index contributed by atoms with van der Waals surface area (Å²) < 4.78 is 25.7. The average molecular weight is 243 g/mol. The second-order valence-corrected chi connectivity index (χ2v) is 5.55. The van der Waals surface area contributed by atoms with Crippen LogP contribution in [0.25, 0.3) is 0 Å². The van der Waals surface area contributed by atoms with E-state index in [1.807, 2.05) is 12.1 Å². The van der Waals surface area contributed by atoms with Crippen molar-refractivity contribution >= 4 is 10.0 Å². The van der Waals surface area contributed by atoms with Crippen LogP contribution >= 0.6 is 0 Å². The van der Waals surface area contributed by atoms with Crippen molar-refractivity contribution < 1.29 is 8.42 Å². The smallest absolute Gasteiger partial charge is 0.212 e. The highest BCUT2D eigenvalue weighted by molar-refractivity contribution is 7.89. The van der Waals surface area contributed by atoms with E-state index >= 15 is 0 Å². The van der Waals surface area contributed by atoms with Crippen LogP contribution in [-0.2, 0) is 16.4 Å².